The first-order valence-corrected chi connectivity index (χ1v) is 4.46. The lowest BCUT2D eigenvalue weighted by Gasteiger charge is -2.00. The number of hydrazine groups is 1. The van der Waals surface area contributed by atoms with Gasteiger partial charge in [-0.05, 0) is 30.5 Å². The van der Waals surface area contributed by atoms with E-state index in [9.17, 15) is 9.18 Å². The van der Waals surface area contributed by atoms with Crippen LogP contribution in [0.3, 0.4) is 0 Å². The van der Waals surface area contributed by atoms with Crippen molar-refractivity contribution in [2.45, 2.75) is 19.3 Å². The van der Waals surface area contributed by atoms with E-state index in [0.717, 1.165) is 12.0 Å². The molecule has 0 unspecified atom stereocenters. The summed E-state index contributed by atoms with van der Waals surface area (Å²) in [4.78, 5) is 10.8. The van der Waals surface area contributed by atoms with Gasteiger partial charge in [-0.2, -0.15) is 0 Å². The van der Waals surface area contributed by atoms with Crippen molar-refractivity contribution >= 4 is 5.91 Å². The predicted molar refractivity (Wildman–Crippen MR) is 51.7 cm³/mol. The van der Waals surface area contributed by atoms with Gasteiger partial charge < -0.3 is 0 Å². The second-order valence-electron chi connectivity index (χ2n) is 3.05. The molecule has 14 heavy (non-hydrogen) atoms. The number of carbonyl (C=O) groups excluding carboxylic acids is 1. The monoisotopic (exact) mass is 196 g/mol. The van der Waals surface area contributed by atoms with Gasteiger partial charge in [0.05, 0.1) is 0 Å². The van der Waals surface area contributed by atoms with E-state index in [0.29, 0.717) is 12.8 Å². The average molecular weight is 196 g/mol. The molecule has 0 fully saturated rings. The van der Waals surface area contributed by atoms with Crippen molar-refractivity contribution in [3.8, 4) is 0 Å². The molecule has 0 bridgehead atoms. The van der Waals surface area contributed by atoms with E-state index in [1.165, 1.54) is 12.1 Å². The Hall–Kier alpha value is -1.42. The van der Waals surface area contributed by atoms with Crippen LogP contribution in [0.5, 0.6) is 0 Å². The molecule has 0 aliphatic heterocycles. The number of hydrogen-bond acceptors (Lipinski definition) is 2. The van der Waals surface area contributed by atoms with Gasteiger partial charge in [-0.3, -0.25) is 10.2 Å². The topological polar surface area (TPSA) is 55.1 Å². The van der Waals surface area contributed by atoms with Crippen LogP contribution in [0.4, 0.5) is 4.39 Å². The van der Waals surface area contributed by atoms with Crippen LogP contribution in [-0.2, 0) is 11.2 Å². The lowest BCUT2D eigenvalue weighted by molar-refractivity contribution is -0.121. The Morgan fingerprint density at radius 3 is 2.57 bits per heavy atom. The molecule has 1 aromatic rings. The molecule has 0 radical (unpaired) electrons. The van der Waals surface area contributed by atoms with E-state index in [4.69, 9.17) is 5.84 Å². The van der Waals surface area contributed by atoms with Crippen LogP contribution in [0.1, 0.15) is 18.4 Å². The summed E-state index contributed by atoms with van der Waals surface area (Å²) >= 11 is 0. The molecule has 1 rings (SSSR count). The molecule has 3 nitrogen and oxygen atoms in total. The fourth-order valence-electron chi connectivity index (χ4n) is 1.18. The van der Waals surface area contributed by atoms with E-state index < -0.39 is 0 Å². The summed E-state index contributed by atoms with van der Waals surface area (Å²) < 4.78 is 12.5. The number of aryl methyl sites for hydroxylation is 1. The molecule has 76 valence electrons. The molecule has 0 atom stereocenters. The van der Waals surface area contributed by atoms with Gasteiger partial charge in [-0.15, -0.1) is 0 Å². The summed E-state index contributed by atoms with van der Waals surface area (Å²) in [6.07, 6.45) is 1.87. The SMILES string of the molecule is NNC(=O)CCCc1ccc(F)cc1. The lowest BCUT2D eigenvalue weighted by Crippen LogP contribution is -2.29. The van der Waals surface area contributed by atoms with Gasteiger partial charge in [-0.25, -0.2) is 10.2 Å². The number of carbonyl (C=O) groups is 1. The number of benzene rings is 1. The van der Waals surface area contributed by atoms with Crippen LogP contribution in [0, 0.1) is 5.82 Å². The molecule has 4 heteroatoms. The van der Waals surface area contributed by atoms with Crippen molar-refractivity contribution < 1.29 is 9.18 Å². The van der Waals surface area contributed by atoms with E-state index in [-0.39, 0.29) is 11.7 Å². The molecular formula is C10H13FN2O. The second-order valence-corrected chi connectivity index (χ2v) is 3.05. The maximum absolute atomic E-state index is 12.5. The number of hydrogen-bond donors (Lipinski definition) is 2. The van der Waals surface area contributed by atoms with E-state index in [2.05, 4.69) is 5.43 Å². The first-order valence-electron chi connectivity index (χ1n) is 4.46. The summed E-state index contributed by atoms with van der Waals surface area (Å²) in [6.45, 7) is 0. The quantitative estimate of drug-likeness (QED) is 0.431. The Morgan fingerprint density at radius 2 is 2.00 bits per heavy atom. The van der Waals surface area contributed by atoms with Crippen molar-refractivity contribution in [2.24, 2.45) is 5.84 Å². The van der Waals surface area contributed by atoms with Gasteiger partial charge in [0, 0.05) is 6.42 Å². The minimum absolute atomic E-state index is 0.174. The standard InChI is InChI=1S/C10H13FN2O/c11-9-6-4-8(5-7-9)2-1-3-10(14)13-12/h4-7H,1-3,12H2,(H,13,14). The Labute approximate surface area is 82.1 Å². The van der Waals surface area contributed by atoms with Crippen LogP contribution < -0.4 is 11.3 Å². The number of nitrogens with one attached hydrogen (secondary N) is 1. The molecule has 0 saturated heterocycles. The predicted octanol–water partition coefficient (Wildman–Crippen LogP) is 1.14. The van der Waals surface area contributed by atoms with Crippen molar-refractivity contribution in [3.05, 3.63) is 35.6 Å². The first kappa shape index (κ1) is 10.7. The normalized spacial score (nSPS) is 9.86. The molecule has 0 aromatic heterocycles. The van der Waals surface area contributed by atoms with Crippen LogP contribution in [0.2, 0.25) is 0 Å². The highest BCUT2D eigenvalue weighted by Crippen LogP contribution is 2.06. The lowest BCUT2D eigenvalue weighted by atomic mass is 10.1. The minimum atomic E-state index is -0.242. The molecule has 0 saturated carbocycles. The number of rotatable bonds is 4. The number of amides is 1. The van der Waals surface area contributed by atoms with E-state index in [1.54, 1.807) is 12.1 Å². The Balaban J connectivity index is 2.31. The summed E-state index contributed by atoms with van der Waals surface area (Å²) in [5, 5.41) is 0. The molecule has 0 aliphatic rings. The summed E-state index contributed by atoms with van der Waals surface area (Å²) in [7, 11) is 0. The number of nitrogens with two attached hydrogens (primary N) is 1. The van der Waals surface area contributed by atoms with E-state index >= 15 is 0 Å². The van der Waals surface area contributed by atoms with Crippen LogP contribution >= 0.6 is 0 Å². The smallest absolute Gasteiger partial charge is 0.233 e. The molecule has 0 aliphatic carbocycles. The van der Waals surface area contributed by atoms with Crippen molar-refractivity contribution in [3.63, 3.8) is 0 Å². The van der Waals surface area contributed by atoms with Crippen molar-refractivity contribution in [2.75, 3.05) is 0 Å². The molecule has 1 amide bonds. The zero-order valence-corrected chi connectivity index (χ0v) is 7.79. The molecule has 0 heterocycles. The summed E-state index contributed by atoms with van der Waals surface area (Å²) in [5.41, 5.74) is 3.09. The highest BCUT2D eigenvalue weighted by Gasteiger charge is 1.99. The first-order chi connectivity index (χ1) is 6.72. The fourth-order valence-corrected chi connectivity index (χ4v) is 1.18. The van der Waals surface area contributed by atoms with Gasteiger partial charge >= 0.3 is 0 Å². The van der Waals surface area contributed by atoms with Crippen molar-refractivity contribution in [1.82, 2.24) is 5.43 Å². The second kappa shape index (κ2) is 5.34. The zero-order chi connectivity index (χ0) is 10.4. The maximum atomic E-state index is 12.5. The zero-order valence-electron chi connectivity index (χ0n) is 7.79. The fraction of sp³-hybridized carbons (Fsp3) is 0.300. The Bertz CT molecular complexity index is 297. The average Bonchev–Trinajstić information content (AvgIpc) is 2.21. The molecule has 3 N–H and O–H groups in total. The van der Waals surface area contributed by atoms with Gasteiger partial charge in [0.2, 0.25) is 5.91 Å². The minimum Gasteiger partial charge on any atom is -0.294 e. The van der Waals surface area contributed by atoms with Gasteiger partial charge in [0.15, 0.2) is 0 Å². The van der Waals surface area contributed by atoms with Gasteiger partial charge in [0.1, 0.15) is 5.82 Å². The van der Waals surface area contributed by atoms with Crippen LogP contribution in [0.25, 0.3) is 0 Å². The molecule has 0 spiro atoms. The summed E-state index contributed by atoms with van der Waals surface area (Å²) in [6, 6.07) is 6.27. The Morgan fingerprint density at radius 1 is 1.36 bits per heavy atom. The van der Waals surface area contributed by atoms with Gasteiger partial charge in [-0.1, -0.05) is 12.1 Å². The Kier molecular flexibility index (Phi) is 4.07. The third-order valence-corrected chi connectivity index (χ3v) is 1.94. The van der Waals surface area contributed by atoms with Gasteiger partial charge in [0.25, 0.3) is 0 Å². The highest BCUT2D eigenvalue weighted by atomic mass is 19.1. The largest absolute Gasteiger partial charge is 0.294 e. The third-order valence-electron chi connectivity index (χ3n) is 1.94. The number of halogens is 1. The highest BCUT2D eigenvalue weighted by molar-refractivity contribution is 5.75. The third kappa shape index (κ3) is 3.53. The van der Waals surface area contributed by atoms with E-state index in [1.807, 2.05) is 0 Å². The summed E-state index contributed by atoms with van der Waals surface area (Å²) in [5.74, 6) is 4.51. The molecule has 1 aromatic carbocycles. The van der Waals surface area contributed by atoms with Crippen LogP contribution in [-0.4, -0.2) is 5.91 Å². The maximum Gasteiger partial charge on any atom is 0.233 e. The molecular weight excluding hydrogens is 183 g/mol. The van der Waals surface area contributed by atoms with Crippen LogP contribution in [0.15, 0.2) is 24.3 Å². The van der Waals surface area contributed by atoms with Crippen molar-refractivity contribution in [1.29, 1.82) is 0 Å².